The number of thiophene rings is 1. The molecule has 0 aromatic carbocycles. The summed E-state index contributed by atoms with van der Waals surface area (Å²) in [6.45, 7) is 3.54. The predicted octanol–water partition coefficient (Wildman–Crippen LogP) is 2.26. The first-order chi connectivity index (χ1) is 4.22. The van der Waals surface area contributed by atoms with Crippen LogP contribution in [-0.2, 0) is 0 Å². The molecule has 0 fully saturated rings. The average Bonchev–Trinajstić information content (AvgIpc) is 2.13. The smallest absolute Gasteiger partial charge is 0.160 e. The number of carbonyl (C=O) groups excluding carboxylic acids is 1. The molecular formula is C7H8OS. The van der Waals surface area contributed by atoms with Gasteiger partial charge < -0.3 is 0 Å². The molecule has 0 N–H and O–H groups in total. The maximum absolute atomic E-state index is 10.7. The Kier molecular flexibility index (Phi) is 1.67. The van der Waals surface area contributed by atoms with Crippen LogP contribution in [0.15, 0.2) is 10.8 Å². The van der Waals surface area contributed by atoms with Crippen molar-refractivity contribution in [3.63, 3.8) is 0 Å². The quantitative estimate of drug-likeness (QED) is 0.547. The molecule has 48 valence electrons. The van der Waals surface area contributed by atoms with Crippen LogP contribution in [0.25, 0.3) is 0 Å². The maximum atomic E-state index is 10.7. The predicted molar refractivity (Wildman–Crippen MR) is 39.1 cm³/mol. The molecule has 9 heavy (non-hydrogen) atoms. The molecular weight excluding hydrogens is 132 g/mol. The molecule has 0 amide bonds. The molecule has 0 aliphatic carbocycles. The van der Waals surface area contributed by atoms with Crippen LogP contribution in [0.1, 0.15) is 22.8 Å². The second kappa shape index (κ2) is 2.31. The topological polar surface area (TPSA) is 17.1 Å². The molecule has 1 nitrogen and oxygen atoms in total. The first-order valence-corrected chi connectivity index (χ1v) is 3.70. The fourth-order valence-corrected chi connectivity index (χ4v) is 1.61. The molecule has 0 radical (unpaired) electrons. The number of rotatable bonds is 1. The summed E-state index contributed by atoms with van der Waals surface area (Å²) in [6, 6.07) is 0. The van der Waals surface area contributed by atoms with Gasteiger partial charge in [0.25, 0.3) is 0 Å². The van der Waals surface area contributed by atoms with Crippen LogP contribution in [0.5, 0.6) is 0 Å². The van der Waals surface area contributed by atoms with Crippen molar-refractivity contribution in [3.8, 4) is 0 Å². The molecule has 0 atom stereocenters. The first kappa shape index (κ1) is 6.49. The van der Waals surface area contributed by atoms with Crippen molar-refractivity contribution in [3.05, 3.63) is 21.9 Å². The third-order valence-corrected chi connectivity index (χ3v) is 2.10. The number of hydrogen-bond acceptors (Lipinski definition) is 2. The molecule has 1 rings (SSSR count). The molecule has 1 aromatic rings. The van der Waals surface area contributed by atoms with E-state index in [-0.39, 0.29) is 5.78 Å². The highest BCUT2D eigenvalue weighted by molar-refractivity contribution is 7.08. The number of ketones is 1. The van der Waals surface area contributed by atoms with Gasteiger partial charge in [-0.1, -0.05) is 0 Å². The minimum Gasteiger partial charge on any atom is -0.294 e. The molecule has 1 aromatic heterocycles. The third-order valence-electron chi connectivity index (χ3n) is 1.23. The number of Topliss-reactive ketones (excluding diaryl/α,β-unsaturated/α-hetero) is 1. The normalized spacial score (nSPS) is 9.56. The van der Waals surface area contributed by atoms with Crippen molar-refractivity contribution >= 4 is 17.1 Å². The Morgan fingerprint density at radius 3 is 2.44 bits per heavy atom. The zero-order chi connectivity index (χ0) is 6.85. The minimum absolute atomic E-state index is 0.161. The van der Waals surface area contributed by atoms with E-state index in [2.05, 4.69) is 0 Å². The fraction of sp³-hybridized carbons (Fsp3) is 0.286. The average molecular weight is 140 g/mol. The maximum Gasteiger partial charge on any atom is 0.160 e. The Balaban J connectivity index is 3.08. The van der Waals surface area contributed by atoms with E-state index in [1.165, 1.54) is 0 Å². The van der Waals surface area contributed by atoms with Gasteiger partial charge in [-0.05, 0) is 24.8 Å². The first-order valence-electron chi connectivity index (χ1n) is 2.75. The van der Waals surface area contributed by atoms with Crippen LogP contribution in [0.3, 0.4) is 0 Å². The van der Waals surface area contributed by atoms with Crippen molar-refractivity contribution in [2.45, 2.75) is 13.8 Å². The SMILES string of the molecule is CC(=O)c1cscc1C. The van der Waals surface area contributed by atoms with Gasteiger partial charge in [-0.25, -0.2) is 0 Å². The lowest BCUT2D eigenvalue weighted by atomic mass is 10.2. The lowest BCUT2D eigenvalue weighted by Gasteiger charge is -1.87. The van der Waals surface area contributed by atoms with Crippen molar-refractivity contribution in [2.75, 3.05) is 0 Å². The molecule has 0 aliphatic rings. The largest absolute Gasteiger partial charge is 0.294 e. The Labute approximate surface area is 58.3 Å². The van der Waals surface area contributed by atoms with E-state index < -0.39 is 0 Å². The molecule has 0 spiro atoms. The standard InChI is InChI=1S/C7H8OS/c1-5-3-9-4-7(5)6(2)8/h3-4H,1-2H3. The highest BCUT2D eigenvalue weighted by atomic mass is 32.1. The zero-order valence-corrected chi connectivity index (χ0v) is 6.29. The van der Waals surface area contributed by atoms with Gasteiger partial charge in [0.2, 0.25) is 0 Å². The van der Waals surface area contributed by atoms with Crippen LogP contribution in [0, 0.1) is 6.92 Å². The van der Waals surface area contributed by atoms with Gasteiger partial charge in [-0.2, -0.15) is 11.3 Å². The second-order valence-electron chi connectivity index (χ2n) is 2.02. The summed E-state index contributed by atoms with van der Waals surface area (Å²) < 4.78 is 0. The Morgan fingerprint density at radius 2 is 2.22 bits per heavy atom. The zero-order valence-electron chi connectivity index (χ0n) is 5.47. The van der Waals surface area contributed by atoms with Gasteiger partial charge in [0.15, 0.2) is 5.78 Å². The summed E-state index contributed by atoms with van der Waals surface area (Å²) in [5.41, 5.74) is 1.95. The van der Waals surface area contributed by atoms with E-state index in [0.717, 1.165) is 11.1 Å². The highest BCUT2D eigenvalue weighted by Crippen LogP contribution is 2.13. The van der Waals surface area contributed by atoms with Gasteiger partial charge in [0.05, 0.1) is 0 Å². The van der Waals surface area contributed by atoms with Crippen LogP contribution >= 0.6 is 11.3 Å². The van der Waals surface area contributed by atoms with Crippen molar-refractivity contribution in [1.82, 2.24) is 0 Å². The van der Waals surface area contributed by atoms with E-state index in [1.54, 1.807) is 18.3 Å². The lowest BCUT2D eigenvalue weighted by Crippen LogP contribution is -1.89. The summed E-state index contributed by atoms with van der Waals surface area (Å²) in [6.07, 6.45) is 0. The molecule has 0 saturated heterocycles. The summed E-state index contributed by atoms with van der Waals surface area (Å²) in [4.78, 5) is 10.7. The highest BCUT2D eigenvalue weighted by Gasteiger charge is 2.01. The van der Waals surface area contributed by atoms with Crippen molar-refractivity contribution < 1.29 is 4.79 Å². The Bertz CT molecular complexity index is 225. The lowest BCUT2D eigenvalue weighted by molar-refractivity contribution is 0.101. The van der Waals surface area contributed by atoms with E-state index in [0.29, 0.717) is 0 Å². The summed E-state index contributed by atoms with van der Waals surface area (Å²) in [5, 5.41) is 3.87. The monoisotopic (exact) mass is 140 g/mol. The molecule has 0 aliphatic heterocycles. The molecule has 0 unspecified atom stereocenters. The van der Waals surface area contributed by atoms with E-state index in [4.69, 9.17) is 0 Å². The number of hydrogen-bond donors (Lipinski definition) is 0. The van der Waals surface area contributed by atoms with Crippen LogP contribution in [-0.4, -0.2) is 5.78 Å². The van der Waals surface area contributed by atoms with Gasteiger partial charge >= 0.3 is 0 Å². The van der Waals surface area contributed by atoms with Crippen molar-refractivity contribution in [2.24, 2.45) is 0 Å². The number of aryl methyl sites for hydroxylation is 1. The fourth-order valence-electron chi connectivity index (χ4n) is 0.721. The minimum atomic E-state index is 0.161. The summed E-state index contributed by atoms with van der Waals surface area (Å²) in [5.74, 6) is 0.161. The molecule has 0 saturated carbocycles. The molecule has 2 heteroatoms. The van der Waals surface area contributed by atoms with Gasteiger partial charge in [0, 0.05) is 10.9 Å². The third kappa shape index (κ3) is 1.19. The number of carbonyl (C=O) groups is 1. The Morgan fingerprint density at radius 1 is 1.56 bits per heavy atom. The van der Waals surface area contributed by atoms with Gasteiger partial charge in [0.1, 0.15) is 0 Å². The molecule has 1 heterocycles. The van der Waals surface area contributed by atoms with Crippen LogP contribution < -0.4 is 0 Å². The van der Waals surface area contributed by atoms with Crippen LogP contribution in [0.2, 0.25) is 0 Å². The van der Waals surface area contributed by atoms with Gasteiger partial charge in [-0.3, -0.25) is 4.79 Å². The van der Waals surface area contributed by atoms with Gasteiger partial charge in [-0.15, -0.1) is 0 Å². The molecule has 0 bridgehead atoms. The van der Waals surface area contributed by atoms with E-state index in [1.807, 2.05) is 17.7 Å². The second-order valence-corrected chi connectivity index (χ2v) is 2.77. The van der Waals surface area contributed by atoms with E-state index in [9.17, 15) is 4.79 Å². The van der Waals surface area contributed by atoms with Crippen molar-refractivity contribution in [1.29, 1.82) is 0 Å². The Hall–Kier alpha value is -0.630. The van der Waals surface area contributed by atoms with E-state index >= 15 is 0 Å². The summed E-state index contributed by atoms with van der Waals surface area (Å²) >= 11 is 1.57. The summed E-state index contributed by atoms with van der Waals surface area (Å²) in [7, 11) is 0. The van der Waals surface area contributed by atoms with Crippen LogP contribution in [0.4, 0.5) is 0 Å².